The van der Waals surface area contributed by atoms with Gasteiger partial charge in [-0.05, 0) is 30.5 Å². The van der Waals surface area contributed by atoms with Crippen LogP contribution in [0.25, 0.3) is 0 Å². The SMILES string of the molecule is CC(C)C(=O)NCCCc1cccc(O)c1. The molecule has 1 aromatic rings. The Morgan fingerprint density at radius 2 is 2.19 bits per heavy atom. The number of carbonyl (C=O) groups excluding carboxylic acids is 1. The van der Waals surface area contributed by atoms with E-state index in [-0.39, 0.29) is 11.8 Å². The second-order valence-corrected chi connectivity index (χ2v) is 4.22. The molecule has 0 aliphatic heterocycles. The molecule has 16 heavy (non-hydrogen) atoms. The highest BCUT2D eigenvalue weighted by Gasteiger charge is 2.04. The van der Waals surface area contributed by atoms with Crippen LogP contribution >= 0.6 is 0 Å². The van der Waals surface area contributed by atoms with Gasteiger partial charge >= 0.3 is 0 Å². The third kappa shape index (κ3) is 4.34. The lowest BCUT2D eigenvalue weighted by Gasteiger charge is -2.07. The molecule has 0 saturated heterocycles. The van der Waals surface area contributed by atoms with Gasteiger partial charge in [0.1, 0.15) is 5.75 Å². The van der Waals surface area contributed by atoms with E-state index in [2.05, 4.69) is 5.32 Å². The molecule has 0 aromatic heterocycles. The third-order valence-corrected chi connectivity index (χ3v) is 2.38. The summed E-state index contributed by atoms with van der Waals surface area (Å²) in [5.74, 6) is 0.431. The van der Waals surface area contributed by atoms with E-state index in [1.54, 1.807) is 12.1 Å². The molecule has 1 rings (SSSR count). The molecule has 0 unspecified atom stereocenters. The number of carbonyl (C=O) groups is 1. The van der Waals surface area contributed by atoms with E-state index in [0.29, 0.717) is 12.3 Å². The van der Waals surface area contributed by atoms with Crippen molar-refractivity contribution in [3.05, 3.63) is 29.8 Å². The number of hydrogen-bond donors (Lipinski definition) is 2. The molecular formula is C13H19NO2. The molecular weight excluding hydrogens is 202 g/mol. The maximum Gasteiger partial charge on any atom is 0.222 e. The second kappa shape index (κ2) is 6.16. The standard InChI is InChI=1S/C13H19NO2/c1-10(2)13(16)14-8-4-6-11-5-3-7-12(15)9-11/h3,5,7,9-10,15H,4,6,8H2,1-2H3,(H,14,16). The van der Waals surface area contributed by atoms with Gasteiger partial charge in [0.05, 0.1) is 0 Å². The molecule has 3 heteroatoms. The van der Waals surface area contributed by atoms with Gasteiger partial charge in [-0.25, -0.2) is 0 Å². The highest BCUT2D eigenvalue weighted by Crippen LogP contribution is 2.12. The van der Waals surface area contributed by atoms with Crippen LogP contribution in [0, 0.1) is 5.92 Å². The van der Waals surface area contributed by atoms with E-state index in [9.17, 15) is 9.90 Å². The first-order chi connectivity index (χ1) is 7.59. The van der Waals surface area contributed by atoms with Crippen molar-refractivity contribution in [3.8, 4) is 5.75 Å². The van der Waals surface area contributed by atoms with Crippen LogP contribution in [-0.2, 0) is 11.2 Å². The molecule has 0 saturated carbocycles. The summed E-state index contributed by atoms with van der Waals surface area (Å²) in [5, 5.41) is 12.1. The van der Waals surface area contributed by atoms with E-state index in [1.165, 1.54) is 0 Å². The van der Waals surface area contributed by atoms with Crippen LogP contribution in [0.5, 0.6) is 5.75 Å². The Kier molecular flexibility index (Phi) is 4.83. The zero-order valence-electron chi connectivity index (χ0n) is 9.86. The minimum absolute atomic E-state index is 0.0424. The molecule has 3 nitrogen and oxygen atoms in total. The summed E-state index contributed by atoms with van der Waals surface area (Å²) >= 11 is 0. The topological polar surface area (TPSA) is 49.3 Å². The summed E-state index contributed by atoms with van der Waals surface area (Å²) in [6, 6.07) is 7.22. The van der Waals surface area contributed by atoms with Gasteiger partial charge in [-0.3, -0.25) is 4.79 Å². The van der Waals surface area contributed by atoms with Crippen molar-refractivity contribution in [1.82, 2.24) is 5.32 Å². The smallest absolute Gasteiger partial charge is 0.222 e. The molecule has 0 aliphatic rings. The number of aryl methyl sites for hydroxylation is 1. The fraction of sp³-hybridized carbons (Fsp3) is 0.462. The molecule has 2 N–H and O–H groups in total. The van der Waals surface area contributed by atoms with E-state index in [4.69, 9.17) is 0 Å². The lowest BCUT2D eigenvalue weighted by molar-refractivity contribution is -0.123. The van der Waals surface area contributed by atoms with Crippen LogP contribution in [-0.4, -0.2) is 17.6 Å². The molecule has 0 radical (unpaired) electrons. The number of aromatic hydroxyl groups is 1. The van der Waals surface area contributed by atoms with Gasteiger partial charge in [0.25, 0.3) is 0 Å². The van der Waals surface area contributed by atoms with Crippen molar-refractivity contribution in [2.75, 3.05) is 6.54 Å². The number of nitrogens with one attached hydrogen (secondary N) is 1. The predicted molar refractivity (Wildman–Crippen MR) is 64.3 cm³/mol. The van der Waals surface area contributed by atoms with Crippen molar-refractivity contribution in [2.45, 2.75) is 26.7 Å². The minimum atomic E-state index is 0.0424. The van der Waals surface area contributed by atoms with Gasteiger partial charge in [0.15, 0.2) is 0 Å². The lowest BCUT2D eigenvalue weighted by atomic mass is 10.1. The van der Waals surface area contributed by atoms with Crippen LogP contribution in [0.15, 0.2) is 24.3 Å². The molecule has 0 spiro atoms. The monoisotopic (exact) mass is 221 g/mol. The molecule has 1 aromatic carbocycles. The Labute approximate surface area is 96.5 Å². The average Bonchev–Trinajstić information content (AvgIpc) is 2.24. The van der Waals surface area contributed by atoms with Crippen LogP contribution in [0.3, 0.4) is 0 Å². The highest BCUT2D eigenvalue weighted by molar-refractivity contribution is 5.77. The molecule has 1 amide bonds. The van der Waals surface area contributed by atoms with Gasteiger partial charge in [-0.1, -0.05) is 26.0 Å². The van der Waals surface area contributed by atoms with Crippen molar-refractivity contribution >= 4 is 5.91 Å². The summed E-state index contributed by atoms with van der Waals surface area (Å²) in [5.41, 5.74) is 1.10. The maximum atomic E-state index is 11.3. The number of phenolic OH excluding ortho intramolecular Hbond substituents is 1. The Hall–Kier alpha value is -1.51. The van der Waals surface area contributed by atoms with Gasteiger partial charge < -0.3 is 10.4 Å². The Balaban J connectivity index is 2.23. The van der Waals surface area contributed by atoms with E-state index in [0.717, 1.165) is 18.4 Å². The summed E-state index contributed by atoms with van der Waals surface area (Å²) in [6.07, 6.45) is 1.76. The van der Waals surface area contributed by atoms with Crippen LogP contribution < -0.4 is 5.32 Å². The van der Waals surface area contributed by atoms with Crippen LogP contribution in [0.4, 0.5) is 0 Å². The number of rotatable bonds is 5. The molecule has 0 aliphatic carbocycles. The van der Waals surface area contributed by atoms with Crippen molar-refractivity contribution < 1.29 is 9.90 Å². The second-order valence-electron chi connectivity index (χ2n) is 4.22. The van der Waals surface area contributed by atoms with Gasteiger partial charge in [0, 0.05) is 12.5 Å². The summed E-state index contributed by atoms with van der Waals surface area (Å²) in [6.45, 7) is 4.45. The Morgan fingerprint density at radius 1 is 1.44 bits per heavy atom. The Bertz CT molecular complexity index is 348. The first-order valence-corrected chi connectivity index (χ1v) is 5.65. The third-order valence-electron chi connectivity index (χ3n) is 2.38. The van der Waals surface area contributed by atoms with Crippen LogP contribution in [0.2, 0.25) is 0 Å². The quantitative estimate of drug-likeness (QED) is 0.748. The van der Waals surface area contributed by atoms with Gasteiger partial charge in [-0.15, -0.1) is 0 Å². The van der Waals surface area contributed by atoms with E-state index < -0.39 is 0 Å². The van der Waals surface area contributed by atoms with Crippen LogP contribution in [0.1, 0.15) is 25.8 Å². The number of benzene rings is 1. The molecule has 0 bridgehead atoms. The van der Waals surface area contributed by atoms with Crippen molar-refractivity contribution in [1.29, 1.82) is 0 Å². The largest absolute Gasteiger partial charge is 0.508 e. The lowest BCUT2D eigenvalue weighted by Crippen LogP contribution is -2.28. The van der Waals surface area contributed by atoms with Crippen molar-refractivity contribution in [3.63, 3.8) is 0 Å². The maximum absolute atomic E-state index is 11.3. The average molecular weight is 221 g/mol. The number of hydrogen-bond acceptors (Lipinski definition) is 2. The first-order valence-electron chi connectivity index (χ1n) is 5.65. The number of amides is 1. The Morgan fingerprint density at radius 3 is 2.81 bits per heavy atom. The van der Waals surface area contributed by atoms with Crippen molar-refractivity contribution in [2.24, 2.45) is 5.92 Å². The summed E-state index contributed by atoms with van der Waals surface area (Å²) < 4.78 is 0. The van der Waals surface area contributed by atoms with Gasteiger partial charge in [-0.2, -0.15) is 0 Å². The zero-order chi connectivity index (χ0) is 12.0. The highest BCUT2D eigenvalue weighted by atomic mass is 16.3. The van der Waals surface area contributed by atoms with E-state index >= 15 is 0 Å². The fourth-order valence-electron chi connectivity index (χ4n) is 1.42. The predicted octanol–water partition coefficient (Wildman–Crippen LogP) is 2.10. The number of phenols is 1. The summed E-state index contributed by atoms with van der Waals surface area (Å²) in [7, 11) is 0. The fourth-order valence-corrected chi connectivity index (χ4v) is 1.42. The zero-order valence-corrected chi connectivity index (χ0v) is 9.86. The minimum Gasteiger partial charge on any atom is -0.508 e. The molecule has 0 atom stereocenters. The molecule has 88 valence electrons. The van der Waals surface area contributed by atoms with Gasteiger partial charge in [0.2, 0.25) is 5.91 Å². The normalized spacial score (nSPS) is 10.4. The summed E-state index contributed by atoms with van der Waals surface area (Å²) in [4.78, 5) is 11.3. The first kappa shape index (κ1) is 12.6. The molecule has 0 heterocycles. The molecule has 0 fully saturated rings. The van der Waals surface area contributed by atoms with E-state index in [1.807, 2.05) is 26.0 Å².